The molecule has 106 valence electrons. The van der Waals surface area contributed by atoms with Gasteiger partial charge in [0.2, 0.25) is 5.91 Å². The Bertz CT molecular complexity index is 560. The third-order valence-electron chi connectivity index (χ3n) is 3.36. The zero-order valence-corrected chi connectivity index (χ0v) is 10.6. The van der Waals surface area contributed by atoms with E-state index in [9.17, 15) is 9.59 Å². The first-order valence-electron chi connectivity index (χ1n) is 6.32. The van der Waals surface area contributed by atoms with E-state index in [1.165, 1.54) is 0 Å². The van der Waals surface area contributed by atoms with Crippen LogP contribution in [0.5, 0.6) is 11.5 Å². The Labute approximate surface area is 114 Å². The van der Waals surface area contributed by atoms with E-state index >= 15 is 0 Å². The molecule has 0 aliphatic carbocycles. The summed E-state index contributed by atoms with van der Waals surface area (Å²) in [4.78, 5) is 22.3. The lowest BCUT2D eigenvalue weighted by Gasteiger charge is -2.23. The molecule has 2 aliphatic heterocycles. The Morgan fingerprint density at radius 1 is 1.30 bits per heavy atom. The third-order valence-corrected chi connectivity index (χ3v) is 3.36. The van der Waals surface area contributed by atoms with Crippen molar-refractivity contribution in [1.82, 2.24) is 10.6 Å². The summed E-state index contributed by atoms with van der Waals surface area (Å²) in [6, 6.07) is 4.48. The molecule has 2 aliphatic rings. The Hall–Kier alpha value is -2.44. The van der Waals surface area contributed by atoms with Gasteiger partial charge in [0, 0.05) is 6.42 Å². The Balaban J connectivity index is 1.86. The lowest BCUT2D eigenvalue weighted by atomic mass is 10.0. The van der Waals surface area contributed by atoms with Gasteiger partial charge in [-0.1, -0.05) is 6.07 Å². The van der Waals surface area contributed by atoms with Gasteiger partial charge in [-0.3, -0.25) is 4.79 Å². The van der Waals surface area contributed by atoms with Crippen LogP contribution in [0.4, 0.5) is 4.79 Å². The van der Waals surface area contributed by atoms with Crippen molar-refractivity contribution in [1.29, 1.82) is 0 Å². The smallest absolute Gasteiger partial charge is 0.404 e. The number of hydrogen-bond donors (Lipinski definition) is 3. The quantitative estimate of drug-likeness (QED) is 0.738. The van der Waals surface area contributed by atoms with Crippen LogP contribution >= 0.6 is 0 Å². The Kier molecular flexibility index (Phi) is 3.09. The van der Waals surface area contributed by atoms with Crippen molar-refractivity contribution in [3.8, 4) is 11.5 Å². The molecule has 1 saturated heterocycles. The summed E-state index contributed by atoms with van der Waals surface area (Å²) < 4.78 is 10.9. The maximum atomic E-state index is 11.5. The number of carbonyl (C=O) groups is 2. The van der Waals surface area contributed by atoms with Gasteiger partial charge in [0.25, 0.3) is 0 Å². The molecule has 2 unspecified atom stereocenters. The molecule has 3 N–H and O–H groups in total. The number of benzene rings is 1. The normalized spacial score (nSPS) is 24.1. The van der Waals surface area contributed by atoms with E-state index in [0.29, 0.717) is 24.7 Å². The minimum absolute atomic E-state index is 0.130. The topological polar surface area (TPSA) is 96.9 Å². The van der Waals surface area contributed by atoms with Crippen molar-refractivity contribution in [2.24, 2.45) is 0 Å². The van der Waals surface area contributed by atoms with Crippen LogP contribution in [0.1, 0.15) is 18.0 Å². The first kappa shape index (κ1) is 12.6. The van der Waals surface area contributed by atoms with Gasteiger partial charge < -0.3 is 25.2 Å². The van der Waals surface area contributed by atoms with Crippen molar-refractivity contribution in [2.75, 3.05) is 13.2 Å². The minimum Gasteiger partial charge on any atom is -0.486 e. The highest BCUT2D eigenvalue weighted by Crippen LogP contribution is 2.34. The molecule has 2 atom stereocenters. The number of ether oxygens (including phenoxy) is 2. The predicted molar refractivity (Wildman–Crippen MR) is 67.9 cm³/mol. The van der Waals surface area contributed by atoms with Gasteiger partial charge >= 0.3 is 6.09 Å². The molecule has 0 spiro atoms. The Morgan fingerprint density at radius 2 is 2.05 bits per heavy atom. The largest absolute Gasteiger partial charge is 0.486 e. The number of nitrogens with one attached hydrogen (secondary N) is 2. The summed E-state index contributed by atoms with van der Waals surface area (Å²) in [5.74, 6) is 1.10. The molecule has 1 aromatic carbocycles. The average Bonchev–Trinajstić information content (AvgIpc) is 2.78. The first-order valence-corrected chi connectivity index (χ1v) is 6.32. The third kappa shape index (κ3) is 2.34. The molecule has 0 bridgehead atoms. The van der Waals surface area contributed by atoms with Crippen LogP contribution in [-0.2, 0) is 4.79 Å². The summed E-state index contributed by atoms with van der Waals surface area (Å²) >= 11 is 0. The molecule has 2 heterocycles. The highest BCUT2D eigenvalue weighted by molar-refractivity contribution is 5.81. The molecule has 0 radical (unpaired) electrons. The maximum absolute atomic E-state index is 11.5. The van der Waals surface area contributed by atoms with E-state index in [4.69, 9.17) is 14.6 Å². The van der Waals surface area contributed by atoms with Gasteiger partial charge in [-0.25, -0.2) is 4.79 Å². The Morgan fingerprint density at radius 3 is 2.80 bits per heavy atom. The van der Waals surface area contributed by atoms with Crippen molar-refractivity contribution < 1.29 is 24.2 Å². The molecular formula is C13H14N2O5. The van der Waals surface area contributed by atoms with Gasteiger partial charge in [0.15, 0.2) is 11.5 Å². The molecule has 2 amide bonds. The number of amides is 2. The number of fused-ring (bicyclic) bond motifs is 1. The molecular weight excluding hydrogens is 264 g/mol. The van der Waals surface area contributed by atoms with E-state index in [1.807, 2.05) is 0 Å². The molecule has 0 saturated carbocycles. The van der Waals surface area contributed by atoms with Crippen LogP contribution in [0.3, 0.4) is 0 Å². The van der Waals surface area contributed by atoms with Crippen LogP contribution in [0, 0.1) is 0 Å². The van der Waals surface area contributed by atoms with Crippen LogP contribution in [0.2, 0.25) is 0 Å². The lowest BCUT2D eigenvalue weighted by molar-refractivity contribution is -0.119. The lowest BCUT2D eigenvalue weighted by Crippen LogP contribution is -2.37. The molecule has 20 heavy (non-hydrogen) atoms. The average molecular weight is 278 g/mol. The summed E-state index contributed by atoms with van der Waals surface area (Å²) in [5.41, 5.74) is 0.791. The molecule has 3 rings (SSSR count). The van der Waals surface area contributed by atoms with Crippen LogP contribution in [0.15, 0.2) is 18.2 Å². The zero-order valence-electron chi connectivity index (χ0n) is 10.6. The second kappa shape index (κ2) is 4.92. The summed E-state index contributed by atoms with van der Waals surface area (Å²) in [7, 11) is 0. The number of carbonyl (C=O) groups excluding carboxylic acids is 1. The van der Waals surface area contributed by atoms with Crippen LogP contribution in [-0.4, -0.2) is 36.4 Å². The second-order valence-electron chi connectivity index (χ2n) is 4.71. The highest BCUT2D eigenvalue weighted by Gasteiger charge is 2.35. The van der Waals surface area contributed by atoms with Gasteiger partial charge in [-0.15, -0.1) is 0 Å². The predicted octanol–water partition coefficient (Wildman–Crippen LogP) is 0.655. The van der Waals surface area contributed by atoms with Crippen molar-refractivity contribution in [3.05, 3.63) is 23.8 Å². The van der Waals surface area contributed by atoms with E-state index in [1.54, 1.807) is 18.2 Å². The van der Waals surface area contributed by atoms with Crippen molar-refractivity contribution in [2.45, 2.75) is 18.5 Å². The number of carboxylic acid groups (broad SMARTS) is 1. The minimum atomic E-state index is -1.14. The van der Waals surface area contributed by atoms with Gasteiger partial charge in [-0.05, 0) is 17.7 Å². The molecule has 7 heteroatoms. The molecule has 1 aromatic rings. The van der Waals surface area contributed by atoms with Gasteiger partial charge in [0.05, 0.1) is 12.1 Å². The van der Waals surface area contributed by atoms with E-state index < -0.39 is 18.2 Å². The fourth-order valence-electron chi connectivity index (χ4n) is 2.51. The van der Waals surface area contributed by atoms with E-state index in [0.717, 1.165) is 5.56 Å². The monoisotopic (exact) mass is 278 g/mol. The van der Waals surface area contributed by atoms with Crippen LogP contribution in [0.25, 0.3) is 0 Å². The fraction of sp³-hybridized carbons (Fsp3) is 0.385. The number of rotatable bonds is 2. The fourth-order valence-corrected chi connectivity index (χ4v) is 2.51. The van der Waals surface area contributed by atoms with Crippen molar-refractivity contribution >= 4 is 12.0 Å². The van der Waals surface area contributed by atoms with Gasteiger partial charge in [0.1, 0.15) is 13.2 Å². The van der Waals surface area contributed by atoms with E-state index in [2.05, 4.69) is 10.6 Å². The zero-order chi connectivity index (χ0) is 14.1. The summed E-state index contributed by atoms with van der Waals surface area (Å²) in [6.45, 7) is 0.986. The summed E-state index contributed by atoms with van der Waals surface area (Å²) in [5, 5.41) is 14.0. The SMILES string of the molecule is O=C(O)NC1CC(=O)NC1c1ccc2c(c1)OCCO2. The standard InChI is InChI=1S/C13H14N2O5/c16-11-6-8(14-13(17)18)12(15-11)7-1-2-9-10(5-7)20-4-3-19-9/h1-2,5,8,12,14H,3-4,6H2,(H,15,16)(H,17,18). The molecule has 0 aromatic heterocycles. The molecule has 7 nitrogen and oxygen atoms in total. The second-order valence-corrected chi connectivity index (χ2v) is 4.71. The molecule has 1 fully saturated rings. The highest BCUT2D eigenvalue weighted by atomic mass is 16.6. The first-order chi connectivity index (χ1) is 9.63. The summed E-state index contributed by atoms with van der Waals surface area (Å²) in [6.07, 6.45) is -1.01. The maximum Gasteiger partial charge on any atom is 0.404 e. The van der Waals surface area contributed by atoms with Crippen molar-refractivity contribution in [3.63, 3.8) is 0 Å². The number of hydrogen-bond acceptors (Lipinski definition) is 4. The van der Waals surface area contributed by atoms with Gasteiger partial charge in [-0.2, -0.15) is 0 Å². The van der Waals surface area contributed by atoms with E-state index in [-0.39, 0.29) is 12.3 Å². The van der Waals surface area contributed by atoms with Crippen LogP contribution < -0.4 is 20.1 Å².